The Labute approximate surface area is 93.9 Å². The summed E-state index contributed by atoms with van der Waals surface area (Å²) in [4.78, 5) is 8.44. The third-order valence-corrected chi connectivity index (χ3v) is 3.68. The molecule has 0 aromatic heterocycles. The summed E-state index contributed by atoms with van der Waals surface area (Å²) >= 11 is 0. The third-order valence-electron chi connectivity index (χ3n) is 2.05. The van der Waals surface area contributed by atoms with Gasteiger partial charge in [0.2, 0.25) is 0 Å². The second-order valence-electron chi connectivity index (χ2n) is 3.11. The molecule has 0 saturated carbocycles. The Balaban J connectivity index is 3.56. The number of nitrogens with zero attached hydrogens (tertiary/aromatic N) is 1. The van der Waals surface area contributed by atoms with Crippen LogP contribution >= 0.6 is 0 Å². The van der Waals surface area contributed by atoms with Crippen molar-refractivity contribution in [2.45, 2.75) is 17.3 Å². The number of hydrogen-bond donors (Lipinski definition) is 0. The molecule has 17 heavy (non-hydrogen) atoms. The van der Waals surface area contributed by atoms with Crippen molar-refractivity contribution in [1.29, 1.82) is 0 Å². The number of nitro benzene ring substituents is 1. The zero-order valence-corrected chi connectivity index (χ0v) is 9.17. The Morgan fingerprint density at radius 3 is 2.24 bits per heavy atom. The number of sulfone groups is 1. The van der Waals surface area contributed by atoms with Gasteiger partial charge in [0, 0.05) is 11.6 Å². The van der Waals surface area contributed by atoms with Gasteiger partial charge in [0.05, 0.1) is 9.82 Å². The molecule has 0 spiro atoms. The van der Waals surface area contributed by atoms with Gasteiger partial charge in [-0.15, -0.1) is 0 Å². The van der Waals surface area contributed by atoms with E-state index in [1.54, 1.807) is 0 Å². The fourth-order valence-electron chi connectivity index (χ4n) is 1.22. The topological polar surface area (TPSA) is 77.3 Å². The molecule has 94 valence electrons. The fraction of sp³-hybridized carbons (Fsp3) is 0.250. The first-order chi connectivity index (χ1) is 7.59. The summed E-state index contributed by atoms with van der Waals surface area (Å²) in [6.07, 6.45) is 0. The molecule has 0 aliphatic carbocycles. The lowest BCUT2D eigenvalue weighted by molar-refractivity contribution is -0.385. The second kappa shape index (κ2) is 3.99. The van der Waals surface area contributed by atoms with Crippen LogP contribution in [-0.2, 0) is 9.84 Å². The van der Waals surface area contributed by atoms with Gasteiger partial charge in [-0.3, -0.25) is 10.1 Å². The molecule has 0 atom stereocenters. The largest absolute Gasteiger partial charge is 0.501 e. The van der Waals surface area contributed by atoms with E-state index in [2.05, 4.69) is 0 Å². The van der Waals surface area contributed by atoms with Crippen molar-refractivity contribution in [3.8, 4) is 0 Å². The van der Waals surface area contributed by atoms with Gasteiger partial charge in [-0.2, -0.15) is 13.2 Å². The molecular weight excluding hydrogens is 263 g/mol. The van der Waals surface area contributed by atoms with Crippen LogP contribution in [0.25, 0.3) is 0 Å². The van der Waals surface area contributed by atoms with Gasteiger partial charge in [0.15, 0.2) is 0 Å². The first-order valence-corrected chi connectivity index (χ1v) is 5.62. The minimum Gasteiger partial charge on any atom is -0.258 e. The van der Waals surface area contributed by atoms with Crippen molar-refractivity contribution < 1.29 is 26.5 Å². The summed E-state index contributed by atoms with van der Waals surface area (Å²) in [6.45, 7) is 0.955. The molecule has 0 aliphatic heterocycles. The number of alkyl halides is 3. The summed E-state index contributed by atoms with van der Waals surface area (Å²) in [6, 6.07) is 2.51. The second-order valence-corrected chi connectivity index (χ2v) is 5.02. The van der Waals surface area contributed by atoms with Gasteiger partial charge >= 0.3 is 5.51 Å². The number of hydrogen-bond acceptors (Lipinski definition) is 4. The Morgan fingerprint density at radius 1 is 1.29 bits per heavy atom. The first kappa shape index (κ1) is 13.4. The predicted octanol–water partition coefficient (Wildman–Crippen LogP) is 2.20. The molecule has 9 heteroatoms. The molecule has 5 nitrogen and oxygen atoms in total. The minimum atomic E-state index is -5.57. The van der Waals surface area contributed by atoms with Crippen molar-refractivity contribution in [2.75, 3.05) is 0 Å². The van der Waals surface area contributed by atoms with Gasteiger partial charge in [-0.1, -0.05) is 6.07 Å². The number of nitro groups is 1. The maximum absolute atomic E-state index is 12.3. The average molecular weight is 269 g/mol. The van der Waals surface area contributed by atoms with E-state index >= 15 is 0 Å². The summed E-state index contributed by atoms with van der Waals surface area (Å²) in [5.74, 6) is 0. The SMILES string of the molecule is Cc1c([N+](=O)[O-])cccc1S(=O)(=O)C(F)(F)F. The van der Waals surface area contributed by atoms with Crippen LogP contribution in [0.2, 0.25) is 0 Å². The van der Waals surface area contributed by atoms with Gasteiger partial charge in [0.25, 0.3) is 15.5 Å². The van der Waals surface area contributed by atoms with Crippen LogP contribution in [0, 0.1) is 17.0 Å². The fourth-order valence-corrected chi connectivity index (χ4v) is 2.23. The van der Waals surface area contributed by atoms with E-state index in [0.29, 0.717) is 6.07 Å². The van der Waals surface area contributed by atoms with Crippen molar-refractivity contribution >= 4 is 15.5 Å². The van der Waals surface area contributed by atoms with Crippen LogP contribution in [0.3, 0.4) is 0 Å². The van der Waals surface area contributed by atoms with Crippen LogP contribution < -0.4 is 0 Å². The molecule has 0 bridgehead atoms. The molecule has 1 aromatic rings. The zero-order valence-electron chi connectivity index (χ0n) is 8.35. The Morgan fingerprint density at radius 2 is 1.82 bits per heavy atom. The van der Waals surface area contributed by atoms with E-state index in [9.17, 15) is 31.7 Å². The predicted molar refractivity (Wildman–Crippen MR) is 51.1 cm³/mol. The zero-order chi connectivity index (χ0) is 13.4. The van der Waals surface area contributed by atoms with Crippen molar-refractivity contribution in [3.05, 3.63) is 33.9 Å². The molecule has 0 aliphatic rings. The lowest BCUT2D eigenvalue weighted by Gasteiger charge is -2.10. The Kier molecular flexibility index (Phi) is 3.15. The molecule has 1 rings (SSSR count). The Hall–Kier alpha value is -1.64. The average Bonchev–Trinajstić information content (AvgIpc) is 2.15. The highest BCUT2D eigenvalue weighted by atomic mass is 32.2. The summed E-state index contributed by atoms with van der Waals surface area (Å²) in [5.41, 5.74) is -6.68. The van der Waals surface area contributed by atoms with Crippen molar-refractivity contribution in [1.82, 2.24) is 0 Å². The van der Waals surface area contributed by atoms with Crippen molar-refractivity contribution in [2.24, 2.45) is 0 Å². The highest BCUT2D eigenvalue weighted by Crippen LogP contribution is 2.34. The number of halogens is 3. The lowest BCUT2D eigenvalue weighted by atomic mass is 10.2. The summed E-state index contributed by atoms with van der Waals surface area (Å²) in [5, 5.41) is 10.5. The highest BCUT2D eigenvalue weighted by Gasteiger charge is 2.48. The summed E-state index contributed by atoms with van der Waals surface area (Å²) in [7, 11) is -5.57. The van der Waals surface area contributed by atoms with E-state index in [-0.39, 0.29) is 0 Å². The van der Waals surface area contributed by atoms with Crippen LogP contribution in [0.4, 0.5) is 18.9 Å². The molecule has 1 aromatic carbocycles. The van der Waals surface area contributed by atoms with E-state index in [4.69, 9.17) is 0 Å². The third kappa shape index (κ3) is 2.23. The standard InChI is InChI=1S/C8H6F3NO4S/c1-5-6(12(13)14)3-2-4-7(5)17(15,16)8(9,10)11/h2-4H,1H3. The highest BCUT2D eigenvalue weighted by molar-refractivity contribution is 7.92. The normalized spacial score (nSPS) is 12.5. The molecule has 0 heterocycles. The monoisotopic (exact) mass is 269 g/mol. The molecule has 0 fully saturated rings. The van der Waals surface area contributed by atoms with E-state index in [0.717, 1.165) is 19.1 Å². The van der Waals surface area contributed by atoms with Crippen LogP contribution in [0.5, 0.6) is 0 Å². The van der Waals surface area contributed by atoms with Gasteiger partial charge in [-0.05, 0) is 13.0 Å². The summed E-state index contributed by atoms with van der Waals surface area (Å²) < 4.78 is 59.0. The molecule has 0 saturated heterocycles. The number of benzene rings is 1. The van der Waals surface area contributed by atoms with Crippen LogP contribution in [0.15, 0.2) is 23.1 Å². The van der Waals surface area contributed by atoms with Crippen LogP contribution in [-0.4, -0.2) is 18.8 Å². The molecular formula is C8H6F3NO4S. The van der Waals surface area contributed by atoms with E-state index in [1.807, 2.05) is 0 Å². The number of rotatable bonds is 2. The lowest BCUT2D eigenvalue weighted by Crippen LogP contribution is -2.24. The van der Waals surface area contributed by atoms with Crippen LogP contribution in [0.1, 0.15) is 5.56 Å². The first-order valence-electron chi connectivity index (χ1n) is 4.14. The van der Waals surface area contributed by atoms with E-state index in [1.165, 1.54) is 0 Å². The molecule has 0 unspecified atom stereocenters. The quantitative estimate of drug-likeness (QED) is 0.609. The smallest absolute Gasteiger partial charge is 0.258 e. The minimum absolute atomic E-state index is 0.533. The molecule has 0 radical (unpaired) electrons. The van der Waals surface area contributed by atoms with Gasteiger partial charge in [-0.25, -0.2) is 8.42 Å². The van der Waals surface area contributed by atoms with Gasteiger partial charge < -0.3 is 0 Å². The Bertz CT molecular complexity index is 565. The maximum Gasteiger partial charge on any atom is 0.501 e. The van der Waals surface area contributed by atoms with Crippen molar-refractivity contribution in [3.63, 3.8) is 0 Å². The molecule has 0 N–H and O–H groups in total. The van der Waals surface area contributed by atoms with Gasteiger partial charge in [0.1, 0.15) is 0 Å². The maximum atomic E-state index is 12.3. The molecule has 0 amide bonds. The van der Waals surface area contributed by atoms with E-state index < -0.39 is 36.4 Å².